The van der Waals surface area contributed by atoms with Gasteiger partial charge in [0.1, 0.15) is 5.78 Å². The zero-order valence-corrected chi connectivity index (χ0v) is 10.6. The van der Waals surface area contributed by atoms with E-state index in [1.807, 2.05) is 13.8 Å². The van der Waals surface area contributed by atoms with Crippen molar-refractivity contribution in [2.24, 2.45) is 11.8 Å². The summed E-state index contributed by atoms with van der Waals surface area (Å²) in [5.74, 6) is 7.38. The molecule has 0 aliphatic carbocycles. The van der Waals surface area contributed by atoms with E-state index in [1.165, 1.54) is 0 Å². The van der Waals surface area contributed by atoms with Gasteiger partial charge in [0, 0.05) is 24.7 Å². The predicted molar refractivity (Wildman–Crippen MR) is 65.5 cm³/mol. The SMILES string of the molecule is CC(C)C#CCCCCCC(=O)C(C)C. The lowest BCUT2D eigenvalue weighted by Crippen LogP contribution is -2.05. The van der Waals surface area contributed by atoms with E-state index in [9.17, 15) is 4.79 Å². The summed E-state index contributed by atoms with van der Waals surface area (Å²) in [5, 5.41) is 0. The van der Waals surface area contributed by atoms with E-state index < -0.39 is 0 Å². The van der Waals surface area contributed by atoms with Gasteiger partial charge in [-0.25, -0.2) is 0 Å². The molecule has 0 N–H and O–H groups in total. The average Bonchev–Trinajstić information content (AvgIpc) is 2.15. The molecule has 1 heteroatoms. The van der Waals surface area contributed by atoms with Crippen LogP contribution >= 0.6 is 0 Å². The van der Waals surface area contributed by atoms with Gasteiger partial charge in [0.05, 0.1) is 0 Å². The van der Waals surface area contributed by atoms with E-state index in [0.29, 0.717) is 11.7 Å². The monoisotopic (exact) mass is 208 g/mol. The van der Waals surface area contributed by atoms with Crippen LogP contribution in [0.4, 0.5) is 0 Å². The third-order valence-electron chi connectivity index (χ3n) is 2.26. The van der Waals surface area contributed by atoms with Crippen molar-refractivity contribution in [2.45, 2.75) is 59.8 Å². The lowest BCUT2D eigenvalue weighted by molar-refractivity contribution is -0.122. The van der Waals surface area contributed by atoms with E-state index in [2.05, 4.69) is 25.7 Å². The first-order chi connectivity index (χ1) is 7.04. The van der Waals surface area contributed by atoms with Gasteiger partial charge in [0.2, 0.25) is 0 Å². The van der Waals surface area contributed by atoms with Crippen LogP contribution in [0, 0.1) is 23.7 Å². The molecule has 15 heavy (non-hydrogen) atoms. The zero-order chi connectivity index (χ0) is 11.7. The number of unbranched alkanes of at least 4 members (excludes halogenated alkanes) is 3. The van der Waals surface area contributed by atoms with Crippen LogP contribution in [0.25, 0.3) is 0 Å². The van der Waals surface area contributed by atoms with Crippen molar-refractivity contribution in [1.29, 1.82) is 0 Å². The summed E-state index contributed by atoms with van der Waals surface area (Å²) in [6.45, 7) is 8.15. The van der Waals surface area contributed by atoms with Gasteiger partial charge in [-0.2, -0.15) is 0 Å². The van der Waals surface area contributed by atoms with Crippen LogP contribution in [0.5, 0.6) is 0 Å². The third kappa shape index (κ3) is 9.53. The standard InChI is InChI=1S/C14H24O/c1-12(2)10-8-6-5-7-9-11-14(15)13(3)4/h12-13H,5-7,9,11H2,1-4H3. The van der Waals surface area contributed by atoms with Crippen molar-refractivity contribution in [3.05, 3.63) is 0 Å². The van der Waals surface area contributed by atoms with Gasteiger partial charge in [-0.05, 0) is 12.8 Å². The van der Waals surface area contributed by atoms with Gasteiger partial charge in [-0.1, -0.05) is 34.1 Å². The van der Waals surface area contributed by atoms with Crippen molar-refractivity contribution < 1.29 is 4.79 Å². The van der Waals surface area contributed by atoms with Crippen LogP contribution in [-0.2, 0) is 4.79 Å². The molecule has 0 atom stereocenters. The molecule has 0 heterocycles. The van der Waals surface area contributed by atoms with E-state index in [1.54, 1.807) is 0 Å². The Kier molecular flexibility index (Phi) is 8.09. The number of Topliss-reactive ketones (excluding diaryl/α,β-unsaturated/α-hetero) is 1. The zero-order valence-electron chi connectivity index (χ0n) is 10.6. The second-order valence-electron chi connectivity index (χ2n) is 4.66. The van der Waals surface area contributed by atoms with Crippen molar-refractivity contribution in [3.63, 3.8) is 0 Å². The van der Waals surface area contributed by atoms with Gasteiger partial charge in [0.25, 0.3) is 0 Å². The molecule has 0 aromatic carbocycles. The van der Waals surface area contributed by atoms with Gasteiger partial charge in [-0.15, -0.1) is 11.8 Å². The Labute approximate surface area is 94.6 Å². The molecule has 86 valence electrons. The number of rotatable bonds is 6. The number of ketones is 1. The molecule has 0 fully saturated rings. The highest BCUT2D eigenvalue weighted by atomic mass is 16.1. The summed E-state index contributed by atoms with van der Waals surface area (Å²) in [7, 11) is 0. The maximum absolute atomic E-state index is 11.3. The summed E-state index contributed by atoms with van der Waals surface area (Å²) < 4.78 is 0. The summed E-state index contributed by atoms with van der Waals surface area (Å²) >= 11 is 0. The fourth-order valence-corrected chi connectivity index (χ4v) is 1.25. The molecule has 0 spiro atoms. The molecule has 0 unspecified atom stereocenters. The van der Waals surface area contributed by atoms with Crippen LogP contribution in [0.1, 0.15) is 59.8 Å². The van der Waals surface area contributed by atoms with Gasteiger partial charge >= 0.3 is 0 Å². The van der Waals surface area contributed by atoms with E-state index in [-0.39, 0.29) is 5.92 Å². The smallest absolute Gasteiger partial charge is 0.135 e. The lowest BCUT2D eigenvalue weighted by atomic mass is 10.0. The van der Waals surface area contributed by atoms with Crippen molar-refractivity contribution in [3.8, 4) is 11.8 Å². The van der Waals surface area contributed by atoms with Crippen molar-refractivity contribution >= 4 is 5.78 Å². The van der Waals surface area contributed by atoms with Crippen LogP contribution in [-0.4, -0.2) is 5.78 Å². The number of carbonyl (C=O) groups excluding carboxylic acids is 1. The first kappa shape index (κ1) is 14.2. The highest BCUT2D eigenvalue weighted by Crippen LogP contribution is 2.07. The molecule has 0 aliphatic heterocycles. The molecule has 0 saturated heterocycles. The van der Waals surface area contributed by atoms with E-state index in [4.69, 9.17) is 0 Å². The third-order valence-corrected chi connectivity index (χ3v) is 2.26. The first-order valence-corrected chi connectivity index (χ1v) is 6.05. The molecule has 0 radical (unpaired) electrons. The predicted octanol–water partition coefficient (Wildman–Crippen LogP) is 3.82. The van der Waals surface area contributed by atoms with Gasteiger partial charge in [0.15, 0.2) is 0 Å². The molecule has 0 amide bonds. The Morgan fingerprint density at radius 3 is 2.27 bits per heavy atom. The second-order valence-corrected chi connectivity index (χ2v) is 4.66. The van der Waals surface area contributed by atoms with Crippen LogP contribution < -0.4 is 0 Å². The molecular weight excluding hydrogens is 184 g/mol. The number of hydrogen-bond acceptors (Lipinski definition) is 1. The first-order valence-electron chi connectivity index (χ1n) is 6.05. The summed E-state index contributed by atoms with van der Waals surface area (Å²) in [5.41, 5.74) is 0. The molecule has 0 aliphatic rings. The second kappa shape index (κ2) is 8.53. The average molecular weight is 208 g/mol. The lowest BCUT2D eigenvalue weighted by Gasteiger charge is -2.02. The maximum Gasteiger partial charge on any atom is 0.135 e. The van der Waals surface area contributed by atoms with Gasteiger partial charge < -0.3 is 0 Å². The van der Waals surface area contributed by atoms with Crippen LogP contribution in [0.15, 0.2) is 0 Å². The fraction of sp³-hybridized carbons (Fsp3) is 0.786. The normalized spacial score (nSPS) is 10.3. The fourth-order valence-electron chi connectivity index (χ4n) is 1.25. The van der Waals surface area contributed by atoms with Crippen LogP contribution in [0.3, 0.4) is 0 Å². The molecule has 0 bridgehead atoms. The quantitative estimate of drug-likeness (QED) is 0.479. The number of carbonyl (C=O) groups is 1. The van der Waals surface area contributed by atoms with E-state index in [0.717, 1.165) is 32.1 Å². The highest BCUT2D eigenvalue weighted by molar-refractivity contribution is 5.80. The molecule has 0 aromatic rings. The maximum atomic E-state index is 11.3. The molecular formula is C14H24O. The molecule has 0 saturated carbocycles. The molecule has 0 aromatic heterocycles. The van der Waals surface area contributed by atoms with E-state index >= 15 is 0 Å². The Bertz CT molecular complexity index is 227. The Morgan fingerprint density at radius 1 is 1.07 bits per heavy atom. The Balaban J connectivity index is 3.34. The highest BCUT2D eigenvalue weighted by Gasteiger charge is 2.05. The summed E-state index contributed by atoms with van der Waals surface area (Å²) in [4.78, 5) is 11.3. The number of hydrogen-bond donors (Lipinski definition) is 0. The minimum absolute atomic E-state index is 0.200. The van der Waals surface area contributed by atoms with Crippen molar-refractivity contribution in [1.82, 2.24) is 0 Å². The van der Waals surface area contributed by atoms with Crippen LogP contribution in [0.2, 0.25) is 0 Å². The van der Waals surface area contributed by atoms with Crippen molar-refractivity contribution in [2.75, 3.05) is 0 Å². The largest absolute Gasteiger partial charge is 0.299 e. The molecule has 0 rings (SSSR count). The minimum atomic E-state index is 0.200. The van der Waals surface area contributed by atoms with Gasteiger partial charge in [-0.3, -0.25) is 4.79 Å². The minimum Gasteiger partial charge on any atom is -0.299 e. The Morgan fingerprint density at radius 2 is 1.73 bits per heavy atom. The summed E-state index contributed by atoms with van der Waals surface area (Å²) in [6.07, 6.45) is 5.01. The topological polar surface area (TPSA) is 17.1 Å². The molecule has 1 nitrogen and oxygen atoms in total. The summed E-state index contributed by atoms with van der Waals surface area (Å²) in [6, 6.07) is 0. The Hall–Kier alpha value is -0.770.